The number of hydrogen-bond acceptors (Lipinski definition) is 1. The van der Waals surface area contributed by atoms with Gasteiger partial charge in [0, 0.05) is 18.0 Å². The first-order chi connectivity index (χ1) is 6.45. The number of rotatable bonds is 0. The Labute approximate surface area is 77.1 Å². The largest absolute Gasteiger partial charge is 0.265 e. The van der Waals surface area contributed by atoms with Crippen molar-refractivity contribution < 1.29 is 0 Å². The summed E-state index contributed by atoms with van der Waals surface area (Å²) in [6.07, 6.45) is 9.19. The summed E-state index contributed by atoms with van der Waals surface area (Å²) in [5.41, 5.74) is 4.92. The Morgan fingerprint density at radius 3 is 2.69 bits per heavy atom. The molecule has 0 aromatic carbocycles. The van der Waals surface area contributed by atoms with Crippen molar-refractivity contribution in [1.82, 2.24) is 4.98 Å². The Hall–Kier alpha value is -2.03. The summed E-state index contributed by atoms with van der Waals surface area (Å²) in [7, 11) is 0. The van der Waals surface area contributed by atoms with Crippen molar-refractivity contribution >= 4 is 0 Å². The second-order valence-electron chi connectivity index (χ2n) is 2.57. The normalized spacial score (nSPS) is 12.2. The molecule has 1 aromatic heterocycles. The van der Waals surface area contributed by atoms with Gasteiger partial charge in [0.1, 0.15) is 0 Å². The number of allylic oxidation sites excluding steroid dienone is 3. The SMILES string of the molecule is C1=CC=CC=1C#Cc1ccncc1. The highest BCUT2D eigenvalue weighted by atomic mass is 14.6. The predicted octanol–water partition coefficient (Wildman–Crippen LogP) is 2.08. The molecule has 0 aliphatic heterocycles. The van der Waals surface area contributed by atoms with Gasteiger partial charge in [-0.15, -0.1) is 5.73 Å². The molecule has 1 nitrogen and oxygen atoms in total. The molecule has 0 atom stereocenters. The van der Waals surface area contributed by atoms with Gasteiger partial charge in [0.25, 0.3) is 0 Å². The first kappa shape index (κ1) is 7.61. The average Bonchev–Trinajstić information content (AvgIpc) is 2.69. The number of hydrogen-bond donors (Lipinski definition) is 0. The highest BCUT2D eigenvalue weighted by molar-refractivity contribution is 5.47. The van der Waals surface area contributed by atoms with E-state index in [1.807, 2.05) is 30.4 Å². The Balaban J connectivity index is 2.23. The maximum atomic E-state index is 3.91. The van der Waals surface area contributed by atoms with Gasteiger partial charge < -0.3 is 0 Å². The average molecular weight is 165 g/mol. The third-order valence-corrected chi connectivity index (χ3v) is 1.62. The van der Waals surface area contributed by atoms with Crippen LogP contribution in [0.4, 0.5) is 0 Å². The highest BCUT2D eigenvalue weighted by Crippen LogP contribution is 2.00. The molecule has 13 heavy (non-hydrogen) atoms. The van der Waals surface area contributed by atoms with E-state index in [9.17, 15) is 0 Å². The summed E-state index contributed by atoms with van der Waals surface area (Å²) in [5, 5.41) is 0. The van der Waals surface area contributed by atoms with Gasteiger partial charge in [-0.05, 0) is 24.3 Å². The molecule has 1 aliphatic carbocycles. The molecule has 0 saturated carbocycles. The minimum absolute atomic E-state index is 0.928. The third kappa shape index (κ3) is 1.96. The van der Waals surface area contributed by atoms with Gasteiger partial charge in [-0.2, -0.15) is 0 Å². The summed E-state index contributed by atoms with van der Waals surface area (Å²) in [5.74, 6) is 6.03. The van der Waals surface area contributed by atoms with Crippen molar-refractivity contribution in [2.45, 2.75) is 0 Å². The molecule has 1 aliphatic rings. The summed E-state index contributed by atoms with van der Waals surface area (Å²) in [6.45, 7) is 0. The van der Waals surface area contributed by atoms with Crippen LogP contribution in [0.15, 0.2) is 54.1 Å². The van der Waals surface area contributed by atoms with E-state index in [-0.39, 0.29) is 0 Å². The predicted molar refractivity (Wildman–Crippen MR) is 51.9 cm³/mol. The van der Waals surface area contributed by atoms with E-state index < -0.39 is 0 Å². The lowest BCUT2D eigenvalue weighted by Crippen LogP contribution is -1.74. The Morgan fingerprint density at radius 1 is 1.15 bits per heavy atom. The second-order valence-corrected chi connectivity index (χ2v) is 2.57. The van der Waals surface area contributed by atoms with Crippen LogP contribution >= 0.6 is 0 Å². The lowest BCUT2D eigenvalue weighted by molar-refractivity contribution is 1.32. The molecule has 60 valence electrons. The lowest BCUT2D eigenvalue weighted by atomic mass is 10.2. The van der Waals surface area contributed by atoms with Crippen LogP contribution in [0.1, 0.15) is 5.56 Å². The highest BCUT2D eigenvalue weighted by Gasteiger charge is 1.87. The fourth-order valence-electron chi connectivity index (χ4n) is 0.983. The van der Waals surface area contributed by atoms with Crippen molar-refractivity contribution in [3.8, 4) is 11.8 Å². The Morgan fingerprint density at radius 2 is 2.00 bits per heavy atom. The van der Waals surface area contributed by atoms with Crippen LogP contribution in [0.5, 0.6) is 0 Å². The van der Waals surface area contributed by atoms with Crippen LogP contribution in [-0.4, -0.2) is 4.98 Å². The van der Waals surface area contributed by atoms with E-state index in [2.05, 4.69) is 22.6 Å². The fourth-order valence-corrected chi connectivity index (χ4v) is 0.983. The smallest absolute Gasteiger partial charge is 0.0667 e. The van der Waals surface area contributed by atoms with Crippen LogP contribution in [0.25, 0.3) is 0 Å². The van der Waals surface area contributed by atoms with Gasteiger partial charge in [0.05, 0.1) is 5.57 Å². The molecule has 1 heteroatoms. The Kier molecular flexibility index (Phi) is 2.10. The minimum Gasteiger partial charge on any atom is -0.265 e. The molecule has 0 radical (unpaired) electrons. The van der Waals surface area contributed by atoms with E-state index in [0.29, 0.717) is 0 Å². The third-order valence-electron chi connectivity index (χ3n) is 1.62. The van der Waals surface area contributed by atoms with Crippen molar-refractivity contribution in [3.63, 3.8) is 0 Å². The molecule has 2 rings (SSSR count). The monoisotopic (exact) mass is 165 g/mol. The number of nitrogens with zero attached hydrogens (tertiary/aromatic N) is 1. The van der Waals surface area contributed by atoms with Gasteiger partial charge in [0.2, 0.25) is 0 Å². The first-order valence-corrected chi connectivity index (χ1v) is 4.00. The molecule has 0 N–H and O–H groups in total. The van der Waals surface area contributed by atoms with Gasteiger partial charge in [0.15, 0.2) is 0 Å². The van der Waals surface area contributed by atoms with Crippen LogP contribution in [0.2, 0.25) is 0 Å². The zero-order valence-corrected chi connectivity index (χ0v) is 6.99. The fraction of sp³-hybridized carbons (Fsp3) is 0. The van der Waals surface area contributed by atoms with Crippen molar-refractivity contribution in [2.24, 2.45) is 0 Å². The molecule has 0 bridgehead atoms. The van der Waals surface area contributed by atoms with Gasteiger partial charge in [-0.1, -0.05) is 17.9 Å². The van der Waals surface area contributed by atoms with E-state index in [4.69, 9.17) is 0 Å². The summed E-state index contributed by atoms with van der Waals surface area (Å²) >= 11 is 0. The summed E-state index contributed by atoms with van der Waals surface area (Å²) in [4.78, 5) is 3.91. The van der Waals surface area contributed by atoms with Crippen molar-refractivity contribution in [1.29, 1.82) is 0 Å². The zero-order valence-electron chi connectivity index (χ0n) is 6.99. The number of pyridine rings is 1. The van der Waals surface area contributed by atoms with E-state index in [1.54, 1.807) is 12.4 Å². The topological polar surface area (TPSA) is 12.9 Å². The number of aromatic nitrogens is 1. The molecule has 1 heterocycles. The molecular weight excluding hydrogens is 158 g/mol. The summed E-state index contributed by atoms with van der Waals surface area (Å²) < 4.78 is 0. The van der Waals surface area contributed by atoms with E-state index in [0.717, 1.165) is 11.1 Å². The van der Waals surface area contributed by atoms with Gasteiger partial charge in [-0.3, -0.25) is 4.98 Å². The molecule has 1 aromatic rings. The first-order valence-electron chi connectivity index (χ1n) is 4.00. The second kappa shape index (κ2) is 3.58. The molecule has 0 unspecified atom stereocenters. The molecular formula is C12H7N. The van der Waals surface area contributed by atoms with E-state index >= 15 is 0 Å². The van der Waals surface area contributed by atoms with E-state index in [1.165, 1.54) is 0 Å². The van der Waals surface area contributed by atoms with Gasteiger partial charge >= 0.3 is 0 Å². The molecule has 0 amide bonds. The standard InChI is InChI=1S/C12H7N/c1-2-4-11(3-1)5-6-12-7-9-13-10-8-12/h1-3,7-10H. The van der Waals surface area contributed by atoms with Gasteiger partial charge in [-0.25, -0.2) is 0 Å². The molecule has 0 fully saturated rings. The maximum absolute atomic E-state index is 3.91. The van der Waals surface area contributed by atoms with Crippen LogP contribution in [-0.2, 0) is 0 Å². The quantitative estimate of drug-likeness (QED) is 0.423. The van der Waals surface area contributed by atoms with Crippen LogP contribution < -0.4 is 0 Å². The molecule has 0 saturated heterocycles. The zero-order chi connectivity index (χ0) is 8.93. The van der Waals surface area contributed by atoms with Crippen LogP contribution in [0.3, 0.4) is 0 Å². The Bertz CT molecular complexity index is 449. The molecule has 0 spiro atoms. The lowest BCUT2D eigenvalue weighted by Gasteiger charge is -1.85. The van der Waals surface area contributed by atoms with Crippen LogP contribution in [0, 0.1) is 11.8 Å². The maximum Gasteiger partial charge on any atom is 0.0667 e. The van der Waals surface area contributed by atoms with Crippen molar-refractivity contribution in [3.05, 3.63) is 59.6 Å². The minimum atomic E-state index is 0.928. The van der Waals surface area contributed by atoms with Crippen molar-refractivity contribution in [2.75, 3.05) is 0 Å². The summed E-state index contributed by atoms with van der Waals surface area (Å²) in [6, 6.07) is 3.77.